The summed E-state index contributed by atoms with van der Waals surface area (Å²) in [5, 5.41) is 0. The van der Waals surface area contributed by atoms with Crippen LogP contribution in [0.2, 0.25) is 0 Å². The molecule has 1 heterocycles. The maximum absolute atomic E-state index is 5.99. The lowest BCUT2D eigenvalue weighted by Gasteiger charge is -2.09. The number of hydrogen-bond donors (Lipinski definition) is 1. The first-order valence-electron chi connectivity index (χ1n) is 6.22. The summed E-state index contributed by atoms with van der Waals surface area (Å²) < 4.78 is 2.13. The van der Waals surface area contributed by atoms with Crippen LogP contribution in [0, 0.1) is 19.8 Å². The molecular weight excluding hydrogens is 210 g/mol. The Hall–Kier alpha value is -1.51. The van der Waals surface area contributed by atoms with Crippen LogP contribution in [0.1, 0.15) is 31.4 Å². The van der Waals surface area contributed by atoms with E-state index in [0.29, 0.717) is 11.9 Å². The average Bonchev–Trinajstić information content (AvgIpc) is 2.52. The fourth-order valence-electron chi connectivity index (χ4n) is 2.02. The van der Waals surface area contributed by atoms with Crippen molar-refractivity contribution in [1.29, 1.82) is 0 Å². The molecule has 0 aliphatic rings. The van der Waals surface area contributed by atoms with E-state index in [4.69, 9.17) is 5.73 Å². The van der Waals surface area contributed by atoms with Gasteiger partial charge in [-0.15, -0.1) is 0 Å². The fraction of sp³-hybridized carbons (Fsp3) is 0.500. The summed E-state index contributed by atoms with van der Waals surface area (Å²) >= 11 is 0. The minimum Gasteiger partial charge on any atom is -0.369 e. The van der Waals surface area contributed by atoms with E-state index in [0.717, 1.165) is 24.0 Å². The Kier molecular flexibility index (Phi) is 3.09. The van der Waals surface area contributed by atoms with E-state index in [1.165, 1.54) is 11.1 Å². The molecule has 0 spiro atoms. The minimum atomic E-state index is 0.630. The van der Waals surface area contributed by atoms with Gasteiger partial charge in [-0.25, -0.2) is 4.98 Å². The molecule has 3 heteroatoms. The van der Waals surface area contributed by atoms with E-state index in [1.807, 2.05) is 0 Å². The maximum Gasteiger partial charge on any atom is 0.201 e. The van der Waals surface area contributed by atoms with Gasteiger partial charge in [0.15, 0.2) is 0 Å². The zero-order valence-corrected chi connectivity index (χ0v) is 11.1. The van der Waals surface area contributed by atoms with Crippen molar-refractivity contribution in [3.8, 4) is 0 Å². The lowest BCUT2D eigenvalue weighted by atomic mass is 10.1. The van der Waals surface area contributed by atoms with Crippen LogP contribution in [0.25, 0.3) is 11.0 Å². The summed E-state index contributed by atoms with van der Waals surface area (Å²) in [7, 11) is 0. The number of imidazole rings is 1. The molecule has 2 N–H and O–H groups in total. The highest BCUT2D eigenvalue weighted by molar-refractivity contribution is 5.80. The van der Waals surface area contributed by atoms with E-state index in [9.17, 15) is 0 Å². The Morgan fingerprint density at radius 3 is 2.53 bits per heavy atom. The molecular formula is C14H21N3. The average molecular weight is 231 g/mol. The van der Waals surface area contributed by atoms with Crippen molar-refractivity contribution in [2.45, 2.75) is 40.7 Å². The van der Waals surface area contributed by atoms with E-state index < -0.39 is 0 Å². The van der Waals surface area contributed by atoms with Crippen molar-refractivity contribution in [2.24, 2.45) is 5.92 Å². The lowest BCUT2D eigenvalue weighted by molar-refractivity contribution is 0.526. The molecule has 17 heavy (non-hydrogen) atoms. The van der Waals surface area contributed by atoms with Gasteiger partial charge in [-0.1, -0.05) is 13.8 Å². The first-order chi connectivity index (χ1) is 7.99. The van der Waals surface area contributed by atoms with Crippen LogP contribution in [0.3, 0.4) is 0 Å². The second-order valence-electron chi connectivity index (χ2n) is 5.23. The van der Waals surface area contributed by atoms with Crippen molar-refractivity contribution >= 4 is 17.0 Å². The van der Waals surface area contributed by atoms with Crippen LogP contribution < -0.4 is 5.73 Å². The Morgan fingerprint density at radius 2 is 1.88 bits per heavy atom. The number of nitrogen functional groups attached to an aromatic ring is 1. The van der Waals surface area contributed by atoms with Gasteiger partial charge in [-0.05, 0) is 49.4 Å². The summed E-state index contributed by atoms with van der Waals surface area (Å²) in [5.41, 5.74) is 10.7. The quantitative estimate of drug-likeness (QED) is 0.881. The van der Waals surface area contributed by atoms with Crippen LogP contribution in [-0.2, 0) is 6.54 Å². The van der Waals surface area contributed by atoms with Crippen LogP contribution in [0.4, 0.5) is 5.95 Å². The number of nitrogens with zero attached hydrogens (tertiary/aromatic N) is 2. The zero-order chi connectivity index (χ0) is 12.6. The van der Waals surface area contributed by atoms with Crippen LogP contribution >= 0.6 is 0 Å². The molecule has 1 aromatic heterocycles. The normalized spacial score (nSPS) is 11.6. The standard InChI is InChI=1S/C14H21N3/c1-9(2)5-6-17-13-8-11(4)10(3)7-12(13)16-14(17)15/h7-9H,5-6H2,1-4H3,(H2,15,16). The number of aromatic nitrogens is 2. The number of benzene rings is 1. The molecule has 0 bridgehead atoms. The van der Waals surface area contributed by atoms with Crippen LogP contribution in [0.15, 0.2) is 12.1 Å². The summed E-state index contributed by atoms with van der Waals surface area (Å²) in [4.78, 5) is 4.43. The Morgan fingerprint density at radius 1 is 1.24 bits per heavy atom. The molecule has 0 amide bonds. The van der Waals surface area contributed by atoms with Gasteiger partial charge in [0, 0.05) is 6.54 Å². The van der Waals surface area contributed by atoms with Gasteiger partial charge in [0.25, 0.3) is 0 Å². The smallest absolute Gasteiger partial charge is 0.201 e. The van der Waals surface area contributed by atoms with Crippen LogP contribution in [-0.4, -0.2) is 9.55 Å². The number of hydrogen-bond acceptors (Lipinski definition) is 2. The fourth-order valence-corrected chi connectivity index (χ4v) is 2.02. The van der Waals surface area contributed by atoms with Gasteiger partial charge in [0.05, 0.1) is 11.0 Å². The number of fused-ring (bicyclic) bond motifs is 1. The van der Waals surface area contributed by atoms with Gasteiger partial charge in [0.2, 0.25) is 5.95 Å². The van der Waals surface area contributed by atoms with Crippen molar-refractivity contribution in [1.82, 2.24) is 9.55 Å². The molecule has 0 fully saturated rings. The second kappa shape index (κ2) is 4.40. The topological polar surface area (TPSA) is 43.8 Å². The molecule has 0 atom stereocenters. The van der Waals surface area contributed by atoms with Crippen molar-refractivity contribution in [3.63, 3.8) is 0 Å². The van der Waals surface area contributed by atoms with Gasteiger partial charge >= 0.3 is 0 Å². The first-order valence-corrected chi connectivity index (χ1v) is 6.22. The molecule has 2 aromatic rings. The molecule has 1 aromatic carbocycles. The van der Waals surface area contributed by atoms with Gasteiger partial charge in [0.1, 0.15) is 0 Å². The van der Waals surface area contributed by atoms with E-state index in [1.54, 1.807) is 0 Å². The van der Waals surface area contributed by atoms with Gasteiger partial charge < -0.3 is 10.3 Å². The zero-order valence-electron chi connectivity index (χ0n) is 11.1. The second-order valence-corrected chi connectivity index (χ2v) is 5.23. The summed E-state index contributed by atoms with van der Waals surface area (Å²) in [5.74, 6) is 1.31. The first kappa shape index (κ1) is 12.0. The third kappa shape index (κ3) is 2.28. The number of rotatable bonds is 3. The molecule has 0 aliphatic heterocycles. The van der Waals surface area contributed by atoms with E-state index >= 15 is 0 Å². The van der Waals surface area contributed by atoms with Crippen molar-refractivity contribution in [3.05, 3.63) is 23.3 Å². The predicted molar refractivity (Wildman–Crippen MR) is 73.1 cm³/mol. The minimum absolute atomic E-state index is 0.630. The van der Waals surface area contributed by atoms with Crippen LogP contribution in [0.5, 0.6) is 0 Å². The van der Waals surface area contributed by atoms with Crippen molar-refractivity contribution in [2.75, 3.05) is 5.73 Å². The maximum atomic E-state index is 5.99. The third-order valence-electron chi connectivity index (χ3n) is 3.32. The highest BCUT2D eigenvalue weighted by Gasteiger charge is 2.09. The largest absolute Gasteiger partial charge is 0.369 e. The Balaban J connectivity index is 2.47. The number of aryl methyl sites for hydroxylation is 3. The predicted octanol–water partition coefficient (Wildman–Crippen LogP) is 3.28. The van der Waals surface area contributed by atoms with Crippen molar-refractivity contribution < 1.29 is 0 Å². The number of anilines is 1. The monoisotopic (exact) mass is 231 g/mol. The molecule has 3 nitrogen and oxygen atoms in total. The molecule has 0 saturated heterocycles. The molecule has 0 saturated carbocycles. The molecule has 0 radical (unpaired) electrons. The Labute approximate surface area is 103 Å². The van der Waals surface area contributed by atoms with E-state index in [-0.39, 0.29) is 0 Å². The molecule has 0 aliphatic carbocycles. The van der Waals surface area contributed by atoms with Gasteiger partial charge in [-0.3, -0.25) is 0 Å². The molecule has 2 rings (SSSR count). The SMILES string of the molecule is Cc1cc2nc(N)n(CCC(C)C)c2cc1C. The summed E-state index contributed by atoms with van der Waals surface area (Å²) in [6.45, 7) is 9.64. The highest BCUT2D eigenvalue weighted by atomic mass is 15.1. The van der Waals surface area contributed by atoms with E-state index in [2.05, 4.69) is 49.4 Å². The molecule has 0 unspecified atom stereocenters. The molecule has 92 valence electrons. The summed E-state index contributed by atoms with van der Waals surface area (Å²) in [6.07, 6.45) is 1.13. The summed E-state index contributed by atoms with van der Waals surface area (Å²) in [6, 6.07) is 4.31. The number of nitrogens with two attached hydrogens (primary N) is 1. The Bertz CT molecular complexity index is 538. The van der Waals surface area contributed by atoms with Gasteiger partial charge in [-0.2, -0.15) is 0 Å². The highest BCUT2D eigenvalue weighted by Crippen LogP contribution is 2.22. The third-order valence-corrected chi connectivity index (χ3v) is 3.32. The lowest BCUT2D eigenvalue weighted by Crippen LogP contribution is -2.05.